The fourth-order valence-corrected chi connectivity index (χ4v) is 2.21. The van der Waals surface area contributed by atoms with Crippen LogP contribution in [0.2, 0.25) is 0 Å². The summed E-state index contributed by atoms with van der Waals surface area (Å²) >= 11 is 1.27. The molecule has 0 bridgehead atoms. The molecule has 0 saturated heterocycles. The highest BCUT2D eigenvalue weighted by Gasteiger charge is 2.16. The van der Waals surface area contributed by atoms with Gasteiger partial charge in [-0.3, -0.25) is 0 Å². The minimum atomic E-state index is -0.649. The van der Waals surface area contributed by atoms with Gasteiger partial charge in [0.1, 0.15) is 11.6 Å². The molecule has 0 aliphatic carbocycles. The van der Waals surface area contributed by atoms with Gasteiger partial charge < -0.3 is 10.8 Å². The number of aliphatic hydroxyl groups excluding tert-OH is 1. The first-order valence-corrected chi connectivity index (χ1v) is 5.91. The quantitative estimate of drug-likeness (QED) is 0.784. The number of benzene rings is 1. The average molecular weight is 247 g/mol. The van der Waals surface area contributed by atoms with Crippen molar-refractivity contribution in [1.29, 1.82) is 0 Å². The van der Waals surface area contributed by atoms with Crippen LogP contribution in [-0.4, -0.2) is 23.0 Å². The van der Waals surface area contributed by atoms with Crippen LogP contribution in [0.1, 0.15) is 13.3 Å². The van der Waals surface area contributed by atoms with E-state index in [-0.39, 0.29) is 6.61 Å². The summed E-state index contributed by atoms with van der Waals surface area (Å²) < 4.78 is 25.8. The standard InChI is InChI=1S/C11H15F2NOS/c1-11(14,7-15)4-5-16-10-3-2-8(12)6-9(10)13/h2-3,6,15H,4-5,7,14H2,1H3. The van der Waals surface area contributed by atoms with Crippen molar-refractivity contribution in [3.05, 3.63) is 29.8 Å². The summed E-state index contributed by atoms with van der Waals surface area (Å²) in [6, 6.07) is 3.48. The van der Waals surface area contributed by atoms with Crippen molar-refractivity contribution in [3.8, 4) is 0 Å². The van der Waals surface area contributed by atoms with Crippen LogP contribution >= 0.6 is 11.8 Å². The highest BCUT2D eigenvalue weighted by atomic mass is 32.2. The van der Waals surface area contributed by atoms with E-state index in [1.165, 1.54) is 23.9 Å². The predicted molar refractivity (Wildman–Crippen MR) is 61.4 cm³/mol. The van der Waals surface area contributed by atoms with Crippen LogP contribution in [0.5, 0.6) is 0 Å². The molecule has 0 spiro atoms. The molecule has 0 fully saturated rings. The van der Waals surface area contributed by atoms with Gasteiger partial charge in [-0.1, -0.05) is 0 Å². The first kappa shape index (κ1) is 13.4. The lowest BCUT2D eigenvalue weighted by Crippen LogP contribution is -2.40. The van der Waals surface area contributed by atoms with E-state index >= 15 is 0 Å². The SMILES string of the molecule is CC(N)(CO)CCSc1ccc(F)cc1F. The number of aliphatic hydroxyl groups is 1. The van der Waals surface area contributed by atoms with Crippen molar-refractivity contribution < 1.29 is 13.9 Å². The Bertz CT molecular complexity index is 358. The summed E-state index contributed by atoms with van der Waals surface area (Å²) in [5.74, 6) is -0.565. The minimum absolute atomic E-state index is 0.112. The lowest BCUT2D eigenvalue weighted by molar-refractivity contribution is 0.206. The molecule has 1 unspecified atom stereocenters. The zero-order chi connectivity index (χ0) is 12.2. The highest BCUT2D eigenvalue weighted by Crippen LogP contribution is 2.24. The smallest absolute Gasteiger partial charge is 0.139 e. The second kappa shape index (κ2) is 5.61. The third kappa shape index (κ3) is 4.08. The molecular weight excluding hydrogens is 232 g/mol. The molecule has 3 N–H and O–H groups in total. The number of thioether (sulfide) groups is 1. The Morgan fingerprint density at radius 3 is 2.69 bits per heavy atom. The Kier molecular flexibility index (Phi) is 4.70. The van der Waals surface area contributed by atoms with Gasteiger partial charge in [0, 0.05) is 16.5 Å². The van der Waals surface area contributed by atoms with Crippen molar-refractivity contribution in [2.45, 2.75) is 23.8 Å². The molecule has 0 amide bonds. The topological polar surface area (TPSA) is 46.2 Å². The van der Waals surface area contributed by atoms with Crippen molar-refractivity contribution in [2.24, 2.45) is 5.73 Å². The molecule has 1 aromatic carbocycles. The molecule has 90 valence electrons. The number of hydrogen-bond donors (Lipinski definition) is 2. The summed E-state index contributed by atoms with van der Waals surface area (Å²) in [5, 5.41) is 8.92. The Hall–Kier alpha value is -0.650. The fraction of sp³-hybridized carbons (Fsp3) is 0.455. The van der Waals surface area contributed by atoms with Crippen molar-refractivity contribution in [3.63, 3.8) is 0 Å². The van der Waals surface area contributed by atoms with E-state index in [0.29, 0.717) is 17.1 Å². The van der Waals surface area contributed by atoms with Crippen LogP contribution in [0.4, 0.5) is 8.78 Å². The molecule has 5 heteroatoms. The second-order valence-corrected chi connectivity index (χ2v) is 5.12. The Morgan fingerprint density at radius 1 is 1.44 bits per heavy atom. The third-order valence-corrected chi connectivity index (χ3v) is 3.24. The molecular formula is C11H15F2NOS. The van der Waals surface area contributed by atoms with E-state index in [4.69, 9.17) is 10.8 Å². The van der Waals surface area contributed by atoms with Gasteiger partial charge in [0.15, 0.2) is 0 Å². The Labute approximate surface area is 97.8 Å². The van der Waals surface area contributed by atoms with Crippen LogP contribution < -0.4 is 5.73 Å². The third-order valence-electron chi connectivity index (χ3n) is 2.19. The average Bonchev–Trinajstić information content (AvgIpc) is 2.21. The molecule has 0 radical (unpaired) electrons. The largest absolute Gasteiger partial charge is 0.394 e. The fourth-order valence-electron chi connectivity index (χ4n) is 1.07. The summed E-state index contributed by atoms with van der Waals surface area (Å²) in [5.41, 5.74) is 5.08. The molecule has 0 aliphatic heterocycles. The Balaban J connectivity index is 2.49. The maximum atomic E-state index is 13.2. The molecule has 1 aromatic rings. The number of rotatable bonds is 5. The van der Waals surface area contributed by atoms with Gasteiger partial charge in [0.2, 0.25) is 0 Å². The van der Waals surface area contributed by atoms with E-state index < -0.39 is 17.2 Å². The molecule has 1 atom stereocenters. The van der Waals surface area contributed by atoms with Gasteiger partial charge in [-0.2, -0.15) is 0 Å². The van der Waals surface area contributed by atoms with Gasteiger partial charge >= 0.3 is 0 Å². The summed E-state index contributed by atoms with van der Waals surface area (Å²) in [4.78, 5) is 0.398. The van der Waals surface area contributed by atoms with Crippen LogP contribution in [0.15, 0.2) is 23.1 Å². The van der Waals surface area contributed by atoms with Gasteiger partial charge in [-0.05, 0) is 31.2 Å². The zero-order valence-corrected chi connectivity index (χ0v) is 9.86. The van der Waals surface area contributed by atoms with Crippen LogP contribution in [0.25, 0.3) is 0 Å². The van der Waals surface area contributed by atoms with Gasteiger partial charge in [-0.25, -0.2) is 8.78 Å². The van der Waals surface area contributed by atoms with E-state index in [1.54, 1.807) is 6.92 Å². The molecule has 0 aliphatic rings. The van der Waals surface area contributed by atoms with Gasteiger partial charge in [0.25, 0.3) is 0 Å². The monoisotopic (exact) mass is 247 g/mol. The normalized spacial score (nSPS) is 14.8. The molecule has 0 aromatic heterocycles. The molecule has 0 heterocycles. The van der Waals surface area contributed by atoms with Gasteiger partial charge in [0.05, 0.1) is 6.61 Å². The number of hydrogen-bond acceptors (Lipinski definition) is 3. The predicted octanol–water partition coefficient (Wildman–Crippen LogP) is 2.16. The molecule has 2 nitrogen and oxygen atoms in total. The molecule has 1 rings (SSSR count). The van der Waals surface area contributed by atoms with E-state index in [0.717, 1.165) is 6.07 Å². The second-order valence-electron chi connectivity index (χ2n) is 3.99. The van der Waals surface area contributed by atoms with Crippen LogP contribution in [-0.2, 0) is 0 Å². The number of halogens is 2. The van der Waals surface area contributed by atoms with E-state index in [1.807, 2.05) is 0 Å². The van der Waals surface area contributed by atoms with E-state index in [2.05, 4.69) is 0 Å². The van der Waals surface area contributed by atoms with Gasteiger partial charge in [-0.15, -0.1) is 11.8 Å². The zero-order valence-electron chi connectivity index (χ0n) is 9.04. The first-order valence-electron chi connectivity index (χ1n) is 4.92. The van der Waals surface area contributed by atoms with E-state index in [9.17, 15) is 8.78 Å². The highest BCUT2D eigenvalue weighted by molar-refractivity contribution is 7.99. The lowest BCUT2D eigenvalue weighted by Gasteiger charge is -2.20. The van der Waals surface area contributed by atoms with Crippen molar-refractivity contribution in [1.82, 2.24) is 0 Å². The molecule has 16 heavy (non-hydrogen) atoms. The van der Waals surface area contributed by atoms with Crippen molar-refractivity contribution >= 4 is 11.8 Å². The lowest BCUT2D eigenvalue weighted by atomic mass is 10.0. The first-order chi connectivity index (χ1) is 7.44. The summed E-state index contributed by atoms with van der Waals surface area (Å²) in [6.07, 6.45) is 0.560. The van der Waals surface area contributed by atoms with Crippen molar-refractivity contribution in [2.75, 3.05) is 12.4 Å². The minimum Gasteiger partial charge on any atom is -0.394 e. The number of nitrogens with two attached hydrogens (primary N) is 1. The maximum Gasteiger partial charge on any atom is 0.139 e. The summed E-state index contributed by atoms with van der Waals surface area (Å²) in [6.45, 7) is 1.62. The summed E-state index contributed by atoms with van der Waals surface area (Å²) in [7, 11) is 0. The van der Waals surface area contributed by atoms with Crippen LogP contribution in [0.3, 0.4) is 0 Å². The van der Waals surface area contributed by atoms with Crippen LogP contribution in [0, 0.1) is 11.6 Å². The maximum absolute atomic E-state index is 13.2. The molecule has 0 saturated carbocycles. The Morgan fingerprint density at radius 2 is 2.12 bits per heavy atom.